The topological polar surface area (TPSA) is 47.9 Å². The van der Waals surface area contributed by atoms with E-state index in [1.807, 2.05) is 0 Å². The maximum atomic E-state index is 9.48. The predicted molar refractivity (Wildman–Crippen MR) is 47.0 cm³/mol. The van der Waals surface area contributed by atoms with E-state index in [4.69, 9.17) is 14.2 Å². The van der Waals surface area contributed by atoms with Gasteiger partial charge in [-0.25, -0.2) is 0 Å². The summed E-state index contributed by atoms with van der Waals surface area (Å²) in [6.45, 7) is 5.25. The normalized spacial score (nSPS) is 39.9. The zero-order chi connectivity index (χ0) is 9.84. The van der Waals surface area contributed by atoms with Gasteiger partial charge in [0, 0.05) is 13.5 Å². The number of hydrogen-bond acceptors (Lipinski definition) is 4. The Labute approximate surface area is 78.1 Å². The molecule has 0 aromatic rings. The van der Waals surface area contributed by atoms with Gasteiger partial charge < -0.3 is 19.3 Å². The van der Waals surface area contributed by atoms with Crippen molar-refractivity contribution in [3.8, 4) is 0 Å². The molecule has 13 heavy (non-hydrogen) atoms. The zero-order valence-electron chi connectivity index (χ0n) is 7.97. The lowest BCUT2D eigenvalue weighted by atomic mass is 10.0. The van der Waals surface area contributed by atoms with E-state index in [9.17, 15) is 5.11 Å². The van der Waals surface area contributed by atoms with Gasteiger partial charge in [-0.1, -0.05) is 6.58 Å². The first kappa shape index (κ1) is 10.5. The van der Waals surface area contributed by atoms with E-state index in [0.717, 1.165) is 0 Å². The molecular formula is C9H16O4. The third-order valence-corrected chi connectivity index (χ3v) is 2.20. The fourth-order valence-electron chi connectivity index (χ4n) is 1.35. The van der Waals surface area contributed by atoms with Gasteiger partial charge in [-0.3, -0.25) is 0 Å². The molecule has 1 rings (SSSR count). The summed E-state index contributed by atoms with van der Waals surface area (Å²) in [7, 11) is 1.57. The van der Waals surface area contributed by atoms with Gasteiger partial charge in [-0.15, -0.1) is 0 Å². The van der Waals surface area contributed by atoms with Crippen LogP contribution in [0.15, 0.2) is 12.8 Å². The van der Waals surface area contributed by atoms with Crippen LogP contribution in [0.3, 0.4) is 0 Å². The minimum Gasteiger partial charge on any atom is -0.470 e. The molecule has 76 valence electrons. The van der Waals surface area contributed by atoms with Gasteiger partial charge in [-0.05, 0) is 6.92 Å². The predicted octanol–water partition coefficient (Wildman–Crippen LogP) is 0.657. The van der Waals surface area contributed by atoms with E-state index >= 15 is 0 Å². The first-order chi connectivity index (χ1) is 6.19. The van der Waals surface area contributed by atoms with Gasteiger partial charge in [0.2, 0.25) is 6.29 Å². The largest absolute Gasteiger partial charge is 0.470 e. The van der Waals surface area contributed by atoms with E-state index in [-0.39, 0.29) is 12.2 Å². The average Bonchev–Trinajstić information content (AvgIpc) is 2.11. The highest BCUT2D eigenvalue weighted by atomic mass is 16.7. The maximum Gasteiger partial charge on any atom is 0.225 e. The van der Waals surface area contributed by atoms with Crippen LogP contribution in [0.1, 0.15) is 13.3 Å². The lowest BCUT2D eigenvalue weighted by molar-refractivity contribution is -0.248. The first-order valence-electron chi connectivity index (χ1n) is 4.31. The molecule has 1 aliphatic heterocycles. The number of aliphatic hydroxyl groups excluding tert-OH is 1. The highest BCUT2D eigenvalue weighted by molar-refractivity contribution is 4.80. The smallest absolute Gasteiger partial charge is 0.225 e. The minimum atomic E-state index is -0.491. The number of methoxy groups -OCH3 is 1. The SMILES string of the molecule is C=CO[C@@H]1O[C@@H](C)[C@@H](O)C[C@@H]1OC. The minimum absolute atomic E-state index is 0.226. The van der Waals surface area contributed by atoms with Gasteiger partial charge in [0.1, 0.15) is 6.10 Å². The lowest BCUT2D eigenvalue weighted by Crippen LogP contribution is -2.47. The van der Waals surface area contributed by atoms with E-state index in [1.165, 1.54) is 6.26 Å². The Balaban J connectivity index is 2.54. The van der Waals surface area contributed by atoms with Gasteiger partial charge in [0.25, 0.3) is 0 Å². The maximum absolute atomic E-state index is 9.48. The number of rotatable bonds is 3. The second-order valence-corrected chi connectivity index (χ2v) is 3.09. The second kappa shape index (κ2) is 4.60. The molecule has 4 nitrogen and oxygen atoms in total. The first-order valence-corrected chi connectivity index (χ1v) is 4.31. The Hall–Kier alpha value is -0.580. The Morgan fingerprint density at radius 2 is 2.31 bits per heavy atom. The van der Waals surface area contributed by atoms with Crippen molar-refractivity contribution < 1.29 is 19.3 Å². The van der Waals surface area contributed by atoms with E-state index < -0.39 is 12.4 Å². The molecule has 0 saturated carbocycles. The number of aliphatic hydroxyl groups is 1. The summed E-state index contributed by atoms with van der Waals surface area (Å²) < 4.78 is 15.6. The van der Waals surface area contributed by atoms with E-state index in [0.29, 0.717) is 6.42 Å². The molecule has 4 heteroatoms. The summed E-state index contributed by atoms with van der Waals surface area (Å²) in [5, 5.41) is 9.48. The van der Waals surface area contributed by atoms with Crippen molar-refractivity contribution in [1.82, 2.24) is 0 Å². The van der Waals surface area contributed by atoms with Crippen LogP contribution in [-0.4, -0.2) is 36.8 Å². The van der Waals surface area contributed by atoms with E-state index in [2.05, 4.69) is 6.58 Å². The molecule has 1 aliphatic rings. The van der Waals surface area contributed by atoms with Crippen molar-refractivity contribution in [2.75, 3.05) is 7.11 Å². The van der Waals surface area contributed by atoms with Crippen molar-refractivity contribution in [1.29, 1.82) is 0 Å². The van der Waals surface area contributed by atoms with Crippen LogP contribution in [-0.2, 0) is 14.2 Å². The quantitative estimate of drug-likeness (QED) is 0.661. The Morgan fingerprint density at radius 1 is 1.62 bits per heavy atom. The van der Waals surface area contributed by atoms with Gasteiger partial charge in [-0.2, -0.15) is 0 Å². The molecule has 1 fully saturated rings. The summed E-state index contributed by atoms with van der Waals surface area (Å²) in [5.74, 6) is 0. The molecule has 1 N–H and O–H groups in total. The molecule has 0 bridgehead atoms. The molecule has 0 unspecified atom stereocenters. The summed E-state index contributed by atoms with van der Waals surface area (Å²) in [5.41, 5.74) is 0. The summed E-state index contributed by atoms with van der Waals surface area (Å²) >= 11 is 0. The van der Waals surface area contributed by atoms with Crippen molar-refractivity contribution in [3.63, 3.8) is 0 Å². The summed E-state index contributed by atoms with van der Waals surface area (Å²) in [6.07, 6.45) is 0.438. The third-order valence-electron chi connectivity index (χ3n) is 2.20. The molecular weight excluding hydrogens is 172 g/mol. The fraction of sp³-hybridized carbons (Fsp3) is 0.778. The van der Waals surface area contributed by atoms with Crippen molar-refractivity contribution in [3.05, 3.63) is 12.8 Å². The average molecular weight is 188 g/mol. The van der Waals surface area contributed by atoms with Crippen molar-refractivity contribution in [2.45, 2.75) is 37.9 Å². The Kier molecular flexibility index (Phi) is 3.71. The number of ether oxygens (including phenoxy) is 3. The van der Waals surface area contributed by atoms with Gasteiger partial charge in [0.05, 0.1) is 18.5 Å². The molecule has 0 aromatic heterocycles. The molecule has 1 saturated heterocycles. The lowest BCUT2D eigenvalue weighted by Gasteiger charge is -2.36. The van der Waals surface area contributed by atoms with Crippen LogP contribution >= 0.6 is 0 Å². The second-order valence-electron chi connectivity index (χ2n) is 3.09. The molecule has 0 spiro atoms. The fourth-order valence-corrected chi connectivity index (χ4v) is 1.35. The van der Waals surface area contributed by atoms with Crippen molar-refractivity contribution >= 4 is 0 Å². The van der Waals surface area contributed by atoms with E-state index in [1.54, 1.807) is 14.0 Å². The van der Waals surface area contributed by atoms with Gasteiger partial charge in [0.15, 0.2) is 0 Å². The third kappa shape index (κ3) is 2.43. The standard InChI is InChI=1S/C9H16O4/c1-4-12-9-8(11-3)5-7(10)6(2)13-9/h4,6-10H,1,5H2,2-3H3/t6-,7-,8-,9+/m0/s1. The molecule has 4 atom stereocenters. The number of hydrogen-bond donors (Lipinski definition) is 1. The Bertz CT molecular complexity index is 171. The summed E-state index contributed by atoms with van der Waals surface area (Å²) in [6, 6.07) is 0. The van der Waals surface area contributed by atoms with Crippen LogP contribution in [0.25, 0.3) is 0 Å². The monoisotopic (exact) mass is 188 g/mol. The molecule has 0 aromatic carbocycles. The van der Waals surface area contributed by atoms with Crippen LogP contribution in [0.5, 0.6) is 0 Å². The highest BCUT2D eigenvalue weighted by Gasteiger charge is 2.35. The van der Waals surface area contributed by atoms with Crippen LogP contribution in [0.4, 0.5) is 0 Å². The van der Waals surface area contributed by atoms with Crippen molar-refractivity contribution in [2.24, 2.45) is 0 Å². The zero-order valence-corrected chi connectivity index (χ0v) is 7.97. The molecule has 1 heterocycles. The van der Waals surface area contributed by atoms with Crippen LogP contribution in [0, 0.1) is 0 Å². The van der Waals surface area contributed by atoms with Gasteiger partial charge >= 0.3 is 0 Å². The van der Waals surface area contributed by atoms with Crippen LogP contribution in [0.2, 0.25) is 0 Å². The van der Waals surface area contributed by atoms with Crippen LogP contribution < -0.4 is 0 Å². The Morgan fingerprint density at radius 3 is 2.85 bits per heavy atom. The summed E-state index contributed by atoms with van der Waals surface area (Å²) in [4.78, 5) is 0. The molecule has 0 radical (unpaired) electrons. The highest BCUT2D eigenvalue weighted by Crippen LogP contribution is 2.22. The molecule has 0 aliphatic carbocycles. The molecule has 0 amide bonds.